The van der Waals surface area contributed by atoms with Gasteiger partial charge in [-0.05, 0) is 54.3 Å². The standard InChI is InChI=1S/C25H26N2/c1-27-19-23(24-9-5-6-10-25(24)27)16-18-26-17-15-20-11-13-22(14-12-20)21-7-3-2-4-8-21/h2-14,19,26H,15-18H2,1H3. The molecule has 0 aliphatic heterocycles. The van der Waals surface area contributed by atoms with Gasteiger partial charge in [-0.1, -0.05) is 72.8 Å². The molecule has 4 aromatic rings. The molecule has 0 bridgehead atoms. The fourth-order valence-electron chi connectivity index (χ4n) is 3.70. The average molecular weight is 354 g/mol. The molecule has 27 heavy (non-hydrogen) atoms. The van der Waals surface area contributed by atoms with Crippen molar-refractivity contribution in [1.82, 2.24) is 9.88 Å². The Labute approximate surface area is 161 Å². The number of aromatic nitrogens is 1. The van der Waals surface area contributed by atoms with E-state index in [9.17, 15) is 0 Å². The van der Waals surface area contributed by atoms with Crippen molar-refractivity contribution in [3.63, 3.8) is 0 Å². The van der Waals surface area contributed by atoms with Crippen LogP contribution < -0.4 is 5.32 Å². The third-order valence-electron chi connectivity index (χ3n) is 5.20. The van der Waals surface area contributed by atoms with Crippen molar-refractivity contribution in [3.8, 4) is 11.1 Å². The smallest absolute Gasteiger partial charge is 0.0480 e. The third-order valence-corrected chi connectivity index (χ3v) is 5.20. The molecular formula is C25H26N2. The van der Waals surface area contributed by atoms with Crippen molar-refractivity contribution in [2.24, 2.45) is 7.05 Å². The van der Waals surface area contributed by atoms with Gasteiger partial charge in [-0.3, -0.25) is 0 Å². The van der Waals surface area contributed by atoms with Crippen LogP contribution in [0.1, 0.15) is 11.1 Å². The highest BCUT2D eigenvalue weighted by Gasteiger charge is 2.05. The largest absolute Gasteiger partial charge is 0.350 e. The Morgan fingerprint density at radius 2 is 1.37 bits per heavy atom. The predicted octanol–water partition coefficient (Wildman–Crippen LogP) is 5.22. The lowest BCUT2D eigenvalue weighted by molar-refractivity contribution is 0.682. The molecule has 0 amide bonds. The molecule has 1 N–H and O–H groups in total. The molecule has 0 spiro atoms. The fourth-order valence-corrected chi connectivity index (χ4v) is 3.70. The summed E-state index contributed by atoms with van der Waals surface area (Å²) in [6.45, 7) is 2.02. The minimum absolute atomic E-state index is 1.01. The lowest BCUT2D eigenvalue weighted by Crippen LogP contribution is -2.20. The first-order chi connectivity index (χ1) is 13.3. The molecule has 0 aliphatic carbocycles. The summed E-state index contributed by atoms with van der Waals surface area (Å²) in [6.07, 6.45) is 4.38. The van der Waals surface area contributed by atoms with Gasteiger partial charge in [0.2, 0.25) is 0 Å². The van der Waals surface area contributed by atoms with Crippen LogP contribution in [-0.4, -0.2) is 17.7 Å². The van der Waals surface area contributed by atoms with E-state index in [1.807, 2.05) is 0 Å². The fraction of sp³-hybridized carbons (Fsp3) is 0.200. The Hall–Kier alpha value is -2.84. The van der Waals surface area contributed by atoms with Crippen molar-refractivity contribution in [3.05, 3.63) is 96.2 Å². The van der Waals surface area contributed by atoms with E-state index in [-0.39, 0.29) is 0 Å². The van der Waals surface area contributed by atoms with Crippen LogP contribution >= 0.6 is 0 Å². The summed E-state index contributed by atoms with van der Waals surface area (Å²) in [7, 11) is 2.12. The van der Waals surface area contributed by atoms with Gasteiger partial charge in [-0.25, -0.2) is 0 Å². The molecular weight excluding hydrogens is 328 g/mol. The van der Waals surface area contributed by atoms with Crippen LogP contribution in [0.2, 0.25) is 0 Å². The van der Waals surface area contributed by atoms with Gasteiger partial charge in [0.1, 0.15) is 0 Å². The molecule has 0 radical (unpaired) electrons. The van der Waals surface area contributed by atoms with Gasteiger partial charge in [-0.15, -0.1) is 0 Å². The Morgan fingerprint density at radius 1 is 0.704 bits per heavy atom. The van der Waals surface area contributed by atoms with Gasteiger partial charge in [0, 0.05) is 24.1 Å². The summed E-state index contributed by atoms with van der Waals surface area (Å²) in [6, 6.07) is 28.1. The lowest BCUT2D eigenvalue weighted by Gasteiger charge is -2.06. The van der Waals surface area contributed by atoms with Crippen molar-refractivity contribution in [1.29, 1.82) is 0 Å². The van der Waals surface area contributed by atoms with Crippen LogP contribution in [0.25, 0.3) is 22.0 Å². The maximum absolute atomic E-state index is 3.59. The topological polar surface area (TPSA) is 17.0 Å². The van der Waals surface area contributed by atoms with Crippen LogP contribution in [0.4, 0.5) is 0 Å². The first-order valence-electron chi connectivity index (χ1n) is 9.69. The number of hydrogen-bond acceptors (Lipinski definition) is 1. The number of fused-ring (bicyclic) bond motifs is 1. The normalized spacial score (nSPS) is 11.1. The Morgan fingerprint density at radius 3 is 2.19 bits per heavy atom. The van der Waals surface area contributed by atoms with Crippen LogP contribution in [0.15, 0.2) is 85.1 Å². The van der Waals surface area contributed by atoms with Gasteiger partial charge in [-0.2, -0.15) is 0 Å². The van der Waals surface area contributed by atoms with Gasteiger partial charge < -0.3 is 9.88 Å². The molecule has 2 heteroatoms. The number of benzene rings is 3. The maximum atomic E-state index is 3.59. The van der Waals surface area contributed by atoms with E-state index in [4.69, 9.17) is 0 Å². The van der Waals surface area contributed by atoms with E-state index in [2.05, 4.69) is 102 Å². The van der Waals surface area contributed by atoms with E-state index in [1.54, 1.807) is 0 Å². The molecule has 0 atom stereocenters. The average Bonchev–Trinajstić information content (AvgIpc) is 3.05. The summed E-state index contributed by atoms with van der Waals surface area (Å²) in [5, 5.41) is 4.97. The monoisotopic (exact) mass is 354 g/mol. The van der Waals surface area contributed by atoms with Gasteiger partial charge in [0.05, 0.1) is 0 Å². The summed E-state index contributed by atoms with van der Waals surface area (Å²) < 4.78 is 2.22. The molecule has 3 aromatic carbocycles. The first-order valence-corrected chi connectivity index (χ1v) is 9.69. The molecule has 0 saturated heterocycles. The molecule has 0 saturated carbocycles. The third kappa shape index (κ3) is 4.12. The molecule has 1 aromatic heterocycles. The van der Waals surface area contributed by atoms with Gasteiger partial charge in [0.15, 0.2) is 0 Å². The zero-order chi connectivity index (χ0) is 18.5. The van der Waals surface area contributed by atoms with Crippen molar-refractivity contribution < 1.29 is 0 Å². The van der Waals surface area contributed by atoms with Crippen molar-refractivity contribution in [2.45, 2.75) is 12.8 Å². The molecule has 0 aliphatic rings. The van der Waals surface area contributed by atoms with Gasteiger partial charge >= 0.3 is 0 Å². The highest BCUT2D eigenvalue weighted by atomic mass is 14.9. The number of nitrogens with zero attached hydrogens (tertiary/aromatic N) is 1. The quantitative estimate of drug-likeness (QED) is 0.450. The predicted molar refractivity (Wildman–Crippen MR) is 115 cm³/mol. The van der Waals surface area contributed by atoms with Crippen molar-refractivity contribution >= 4 is 10.9 Å². The summed E-state index contributed by atoms with van der Waals surface area (Å²) >= 11 is 0. The Bertz CT molecular complexity index is 998. The minimum atomic E-state index is 1.01. The Kier molecular flexibility index (Phi) is 5.36. The SMILES string of the molecule is Cn1cc(CCNCCc2ccc(-c3ccccc3)cc2)c2ccccc21. The molecule has 4 rings (SSSR count). The van der Waals surface area contributed by atoms with E-state index >= 15 is 0 Å². The number of nitrogens with one attached hydrogen (secondary N) is 1. The van der Waals surface area contributed by atoms with Crippen LogP contribution in [0.5, 0.6) is 0 Å². The molecule has 2 nitrogen and oxygen atoms in total. The molecule has 0 unspecified atom stereocenters. The van der Waals surface area contributed by atoms with Gasteiger partial charge in [0.25, 0.3) is 0 Å². The second kappa shape index (κ2) is 8.24. The Balaban J connectivity index is 1.26. The van der Waals surface area contributed by atoms with E-state index < -0.39 is 0 Å². The second-order valence-corrected chi connectivity index (χ2v) is 7.10. The van der Waals surface area contributed by atoms with E-state index in [0.717, 1.165) is 25.9 Å². The highest BCUT2D eigenvalue weighted by Crippen LogP contribution is 2.21. The van der Waals surface area contributed by atoms with Crippen LogP contribution in [-0.2, 0) is 19.9 Å². The summed E-state index contributed by atoms with van der Waals surface area (Å²) in [5.74, 6) is 0. The van der Waals surface area contributed by atoms with Crippen LogP contribution in [0.3, 0.4) is 0 Å². The summed E-state index contributed by atoms with van der Waals surface area (Å²) in [4.78, 5) is 0. The maximum Gasteiger partial charge on any atom is 0.0480 e. The van der Waals surface area contributed by atoms with Crippen LogP contribution in [0, 0.1) is 0 Å². The second-order valence-electron chi connectivity index (χ2n) is 7.10. The lowest BCUT2D eigenvalue weighted by atomic mass is 10.0. The minimum Gasteiger partial charge on any atom is -0.350 e. The molecule has 136 valence electrons. The molecule has 0 fully saturated rings. The highest BCUT2D eigenvalue weighted by molar-refractivity contribution is 5.83. The number of aryl methyl sites for hydroxylation is 1. The first kappa shape index (κ1) is 17.6. The van der Waals surface area contributed by atoms with E-state index in [0.29, 0.717) is 0 Å². The van der Waals surface area contributed by atoms with E-state index in [1.165, 1.54) is 33.2 Å². The van der Waals surface area contributed by atoms with Crippen molar-refractivity contribution in [2.75, 3.05) is 13.1 Å². The zero-order valence-electron chi connectivity index (χ0n) is 15.9. The zero-order valence-corrected chi connectivity index (χ0v) is 15.9. The number of para-hydroxylation sites is 1. The number of rotatable bonds is 7. The molecule has 1 heterocycles. The summed E-state index contributed by atoms with van der Waals surface area (Å²) in [5.41, 5.74) is 6.67. The number of hydrogen-bond donors (Lipinski definition) is 1.